The lowest BCUT2D eigenvalue weighted by atomic mass is 9.87. The van der Waals surface area contributed by atoms with Crippen molar-refractivity contribution < 1.29 is 19.5 Å². The summed E-state index contributed by atoms with van der Waals surface area (Å²) in [5.74, 6) is -2.53. The van der Waals surface area contributed by atoms with Crippen LogP contribution in [-0.4, -0.2) is 40.4 Å². The van der Waals surface area contributed by atoms with Crippen LogP contribution >= 0.6 is 15.9 Å². The van der Waals surface area contributed by atoms with Crippen LogP contribution in [0.4, 0.5) is 0 Å². The second-order valence-corrected chi connectivity index (χ2v) is 7.71. The topological polar surface area (TPSA) is 87.0 Å². The average Bonchev–Trinajstić information content (AvgIpc) is 3.08. The lowest BCUT2D eigenvalue weighted by Crippen LogP contribution is -2.31. The lowest BCUT2D eigenvalue weighted by molar-refractivity contribution is -0.142. The smallest absolute Gasteiger partial charge is 0.307 e. The number of carboxylic acid groups (broad SMARTS) is 1. The van der Waals surface area contributed by atoms with E-state index in [4.69, 9.17) is 0 Å². The fraction of sp³-hybridized carbons (Fsp3) is 0.300. The number of aliphatic carboxylic acids is 1. The first-order chi connectivity index (χ1) is 12.8. The zero-order chi connectivity index (χ0) is 19.6. The van der Waals surface area contributed by atoms with E-state index in [0.717, 1.165) is 10.0 Å². The van der Waals surface area contributed by atoms with E-state index in [1.165, 1.54) is 6.08 Å². The molecule has 0 fully saturated rings. The molecule has 0 bridgehead atoms. The van der Waals surface area contributed by atoms with Crippen molar-refractivity contribution in [3.63, 3.8) is 0 Å². The van der Waals surface area contributed by atoms with Crippen LogP contribution in [-0.2, 0) is 9.59 Å². The molecule has 1 aromatic rings. The van der Waals surface area contributed by atoms with Gasteiger partial charge in [0, 0.05) is 41.1 Å². The molecule has 1 aliphatic carbocycles. The van der Waals surface area contributed by atoms with Crippen LogP contribution in [0.15, 0.2) is 57.3 Å². The maximum atomic E-state index is 12.5. The highest BCUT2D eigenvalue weighted by Crippen LogP contribution is 2.27. The van der Waals surface area contributed by atoms with Crippen molar-refractivity contribution in [1.29, 1.82) is 0 Å². The Morgan fingerprint density at radius 1 is 1.30 bits per heavy atom. The van der Waals surface area contributed by atoms with Crippen molar-refractivity contribution in [3.8, 4) is 0 Å². The molecular weight excluding hydrogens is 412 g/mol. The average molecular weight is 431 g/mol. The molecule has 0 spiro atoms. The summed E-state index contributed by atoms with van der Waals surface area (Å²) < 4.78 is 0.853. The van der Waals surface area contributed by atoms with Gasteiger partial charge in [0.1, 0.15) is 0 Å². The first kappa shape index (κ1) is 19.2. The van der Waals surface area contributed by atoms with Gasteiger partial charge in [-0.2, -0.15) is 5.10 Å². The summed E-state index contributed by atoms with van der Waals surface area (Å²) in [5.41, 5.74) is 2.08. The highest BCUT2D eigenvalue weighted by molar-refractivity contribution is 9.10. The molecule has 0 saturated heterocycles. The third-order valence-corrected chi connectivity index (χ3v) is 5.17. The number of hydrogen-bond donors (Lipinski definition) is 1. The predicted molar refractivity (Wildman–Crippen MR) is 104 cm³/mol. The van der Waals surface area contributed by atoms with E-state index in [9.17, 15) is 19.5 Å². The summed E-state index contributed by atoms with van der Waals surface area (Å²) in [5, 5.41) is 15.5. The van der Waals surface area contributed by atoms with Crippen molar-refractivity contribution in [2.45, 2.75) is 19.8 Å². The normalized spacial score (nSPS) is 20.3. The van der Waals surface area contributed by atoms with Gasteiger partial charge in [-0.1, -0.05) is 33.6 Å². The molecule has 1 heterocycles. The minimum atomic E-state index is -1.03. The van der Waals surface area contributed by atoms with E-state index in [1.807, 2.05) is 13.0 Å². The van der Waals surface area contributed by atoms with Gasteiger partial charge in [0.05, 0.1) is 18.2 Å². The number of Topliss-reactive ketones (excluding diaryl/α,β-unsaturated/α-hetero) is 1. The quantitative estimate of drug-likeness (QED) is 0.698. The Hall–Kier alpha value is -2.54. The van der Waals surface area contributed by atoms with Crippen molar-refractivity contribution in [2.75, 3.05) is 6.54 Å². The Balaban J connectivity index is 1.71. The molecular formula is C20H19BrN2O4. The van der Waals surface area contributed by atoms with Gasteiger partial charge < -0.3 is 5.11 Å². The zero-order valence-electron chi connectivity index (χ0n) is 14.8. The number of ketones is 2. The molecule has 0 aromatic heterocycles. The molecule has 2 atom stereocenters. The Morgan fingerprint density at radius 2 is 2.00 bits per heavy atom. The highest BCUT2D eigenvalue weighted by Gasteiger charge is 2.34. The standard InChI is InChI=1S/C20H19BrN2O4/c1-12-6-16(8-17(24)7-12)23-11-14(10-22-23)18(20(26)27)9-19(25)13-2-4-15(21)5-3-13/h2-6,8,10,14,18H,7,9,11H2,1H3,(H,26,27). The van der Waals surface area contributed by atoms with E-state index in [0.29, 0.717) is 24.2 Å². The van der Waals surface area contributed by atoms with Crippen molar-refractivity contribution in [1.82, 2.24) is 5.01 Å². The van der Waals surface area contributed by atoms with Gasteiger partial charge in [-0.15, -0.1) is 0 Å². The molecule has 1 N–H and O–H groups in total. The van der Waals surface area contributed by atoms with E-state index < -0.39 is 17.8 Å². The molecule has 2 aliphatic rings. The van der Waals surface area contributed by atoms with Crippen LogP contribution in [0.25, 0.3) is 0 Å². The number of hydrazone groups is 1. The minimum absolute atomic E-state index is 0.00357. The van der Waals surface area contributed by atoms with Gasteiger partial charge in [0.25, 0.3) is 0 Å². The molecule has 0 amide bonds. The van der Waals surface area contributed by atoms with Crippen LogP contribution in [0.1, 0.15) is 30.1 Å². The molecule has 7 heteroatoms. The number of carbonyl (C=O) groups is 3. The van der Waals surface area contributed by atoms with Crippen molar-refractivity contribution >= 4 is 39.7 Å². The maximum absolute atomic E-state index is 12.5. The van der Waals surface area contributed by atoms with E-state index in [1.54, 1.807) is 35.5 Å². The van der Waals surface area contributed by atoms with Crippen LogP contribution in [0.3, 0.4) is 0 Å². The molecule has 0 radical (unpaired) electrons. The van der Waals surface area contributed by atoms with Gasteiger partial charge in [-0.3, -0.25) is 19.4 Å². The fourth-order valence-corrected chi connectivity index (χ4v) is 3.49. The highest BCUT2D eigenvalue weighted by atomic mass is 79.9. The Labute approximate surface area is 165 Å². The fourth-order valence-electron chi connectivity index (χ4n) is 3.22. The van der Waals surface area contributed by atoms with Gasteiger partial charge in [-0.25, -0.2) is 0 Å². The van der Waals surface area contributed by atoms with Gasteiger partial charge in [0.2, 0.25) is 0 Å². The summed E-state index contributed by atoms with van der Waals surface area (Å²) in [4.78, 5) is 36.0. The van der Waals surface area contributed by atoms with Crippen LogP contribution < -0.4 is 0 Å². The number of carboxylic acids is 1. The monoisotopic (exact) mass is 430 g/mol. The number of nitrogens with zero attached hydrogens (tertiary/aromatic N) is 2. The van der Waals surface area contributed by atoms with Crippen molar-refractivity contribution in [2.24, 2.45) is 16.9 Å². The molecule has 3 rings (SSSR count). The van der Waals surface area contributed by atoms with E-state index in [-0.39, 0.29) is 18.0 Å². The molecule has 27 heavy (non-hydrogen) atoms. The predicted octanol–water partition coefficient (Wildman–Crippen LogP) is 3.44. The third kappa shape index (κ3) is 4.60. The largest absolute Gasteiger partial charge is 0.481 e. The second kappa shape index (κ2) is 8.00. The molecule has 140 valence electrons. The Morgan fingerprint density at radius 3 is 2.63 bits per heavy atom. The summed E-state index contributed by atoms with van der Waals surface area (Å²) in [6.07, 6.45) is 5.26. The number of hydrogen-bond acceptors (Lipinski definition) is 5. The molecule has 0 saturated carbocycles. The first-order valence-electron chi connectivity index (χ1n) is 8.58. The van der Waals surface area contributed by atoms with Gasteiger partial charge in [-0.05, 0) is 25.1 Å². The molecule has 1 aromatic carbocycles. The van der Waals surface area contributed by atoms with Gasteiger partial charge >= 0.3 is 5.97 Å². The van der Waals surface area contributed by atoms with Gasteiger partial charge in [0.15, 0.2) is 11.6 Å². The summed E-state index contributed by atoms with van der Waals surface area (Å²) in [6, 6.07) is 6.85. The molecule has 1 aliphatic heterocycles. The van der Waals surface area contributed by atoms with Crippen molar-refractivity contribution in [3.05, 3.63) is 57.7 Å². The molecule has 2 unspecified atom stereocenters. The summed E-state index contributed by atoms with van der Waals surface area (Å²) >= 11 is 3.31. The Bertz CT molecular complexity index is 870. The number of benzene rings is 1. The van der Waals surface area contributed by atoms with Crippen LogP contribution in [0, 0.1) is 11.8 Å². The summed E-state index contributed by atoms with van der Waals surface area (Å²) in [7, 11) is 0. The van der Waals surface area contributed by atoms with Crippen LogP contribution in [0.5, 0.6) is 0 Å². The zero-order valence-corrected chi connectivity index (χ0v) is 16.3. The second-order valence-electron chi connectivity index (χ2n) is 6.79. The minimum Gasteiger partial charge on any atom is -0.481 e. The number of carbonyl (C=O) groups excluding carboxylic acids is 2. The summed E-state index contributed by atoms with van der Waals surface area (Å²) in [6.45, 7) is 2.20. The van der Waals surface area contributed by atoms with E-state index >= 15 is 0 Å². The Kier molecular flexibility index (Phi) is 5.70. The van der Waals surface area contributed by atoms with Crippen LogP contribution in [0.2, 0.25) is 0 Å². The maximum Gasteiger partial charge on any atom is 0.307 e. The number of allylic oxidation sites excluding steroid dienone is 3. The van der Waals surface area contributed by atoms with E-state index in [2.05, 4.69) is 21.0 Å². The number of rotatable bonds is 6. The third-order valence-electron chi connectivity index (χ3n) is 4.64. The lowest BCUT2D eigenvalue weighted by Gasteiger charge is -2.22. The number of halogens is 1. The SMILES string of the molecule is CC1=CC(N2CC(C(CC(=O)c3ccc(Br)cc3)C(=O)O)C=N2)=CC(=O)C1. The molecule has 6 nitrogen and oxygen atoms in total. The first-order valence-corrected chi connectivity index (χ1v) is 9.37.